The number of ketones is 1. The number of carbonyl (C=O) groups is 1. The Hall–Kier alpha value is -2.18. The summed E-state index contributed by atoms with van der Waals surface area (Å²) in [4.78, 5) is 12.8. The fraction of sp³-hybridized carbons (Fsp3) is 0.316. The van der Waals surface area contributed by atoms with Crippen molar-refractivity contribution in [2.75, 3.05) is 13.9 Å². The van der Waals surface area contributed by atoms with Crippen molar-refractivity contribution in [2.45, 2.75) is 26.1 Å². The maximum atomic E-state index is 13.2. The summed E-state index contributed by atoms with van der Waals surface area (Å²) in [6.45, 7) is 2.15. The molecule has 0 atom stereocenters. The van der Waals surface area contributed by atoms with Crippen molar-refractivity contribution in [3.05, 3.63) is 70.3 Å². The molecule has 0 radical (unpaired) electrons. The molecule has 0 aromatic heterocycles. The number of methoxy groups -OCH3 is 1. The Labute approximate surface area is 144 Å². The number of alkyl halides is 3. The van der Waals surface area contributed by atoms with Crippen molar-refractivity contribution < 1.29 is 27.4 Å². The average molecular weight is 352 g/mol. The lowest BCUT2D eigenvalue weighted by molar-refractivity contribution is -0.137. The Morgan fingerprint density at radius 2 is 1.80 bits per heavy atom. The van der Waals surface area contributed by atoms with Gasteiger partial charge in [0.2, 0.25) is 0 Å². The van der Waals surface area contributed by atoms with Gasteiger partial charge >= 0.3 is 6.18 Å². The zero-order valence-corrected chi connectivity index (χ0v) is 14.0. The lowest BCUT2D eigenvalue weighted by Crippen LogP contribution is -2.15. The van der Waals surface area contributed by atoms with Gasteiger partial charge in [0.05, 0.1) is 12.2 Å². The number of ether oxygens (including phenoxy) is 2. The van der Waals surface area contributed by atoms with Gasteiger partial charge in [-0.3, -0.25) is 4.79 Å². The third-order valence-electron chi connectivity index (χ3n) is 3.75. The summed E-state index contributed by atoms with van der Waals surface area (Å²) in [5.74, 6) is -0.640. The van der Waals surface area contributed by atoms with Crippen LogP contribution in [0.25, 0.3) is 0 Å². The first kappa shape index (κ1) is 19.1. The van der Waals surface area contributed by atoms with E-state index < -0.39 is 17.5 Å². The summed E-state index contributed by atoms with van der Waals surface area (Å²) < 4.78 is 49.7. The maximum absolute atomic E-state index is 13.2. The lowest BCUT2D eigenvalue weighted by Gasteiger charge is -2.14. The van der Waals surface area contributed by atoms with E-state index in [9.17, 15) is 18.0 Å². The van der Waals surface area contributed by atoms with Crippen molar-refractivity contribution in [3.8, 4) is 0 Å². The molecular formula is C19H19F3O3. The highest BCUT2D eigenvalue weighted by Gasteiger charge is 2.35. The molecule has 0 spiro atoms. The SMILES string of the molecule is CCc1ccc(COCOC)cc1C(=O)c1ccccc1C(F)(F)F. The van der Waals surface area contributed by atoms with E-state index >= 15 is 0 Å². The predicted molar refractivity (Wildman–Crippen MR) is 87.4 cm³/mol. The smallest absolute Gasteiger partial charge is 0.359 e. The Morgan fingerprint density at radius 3 is 2.44 bits per heavy atom. The van der Waals surface area contributed by atoms with Gasteiger partial charge in [-0.1, -0.05) is 37.3 Å². The molecule has 0 unspecified atom stereocenters. The van der Waals surface area contributed by atoms with Gasteiger partial charge in [-0.05, 0) is 29.7 Å². The molecule has 134 valence electrons. The Balaban J connectivity index is 2.43. The minimum Gasteiger partial charge on any atom is -0.359 e. The fourth-order valence-electron chi connectivity index (χ4n) is 2.55. The molecule has 0 aliphatic heterocycles. The Morgan fingerprint density at radius 1 is 1.08 bits per heavy atom. The highest BCUT2D eigenvalue weighted by molar-refractivity contribution is 6.11. The first-order valence-corrected chi connectivity index (χ1v) is 7.77. The van der Waals surface area contributed by atoms with Crippen LogP contribution in [0.1, 0.15) is 39.5 Å². The van der Waals surface area contributed by atoms with E-state index in [0.29, 0.717) is 17.5 Å². The normalized spacial score (nSPS) is 11.6. The number of rotatable bonds is 7. The van der Waals surface area contributed by atoms with Gasteiger partial charge in [0.25, 0.3) is 0 Å². The number of hydrogen-bond donors (Lipinski definition) is 0. The van der Waals surface area contributed by atoms with Gasteiger partial charge < -0.3 is 9.47 Å². The molecule has 25 heavy (non-hydrogen) atoms. The first-order chi connectivity index (χ1) is 11.9. The number of carbonyl (C=O) groups excluding carboxylic acids is 1. The van der Waals surface area contributed by atoms with Crippen molar-refractivity contribution >= 4 is 5.78 Å². The molecule has 0 saturated carbocycles. The van der Waals surface area contributed by atoms with Gasteiger partial charge in [0.1, 0.15) is 6.79 Å². The van der Waals surface area contributed by atoms with E-state index in [1.165, 1.54) is 25.3 Å². The van der Waals surface area contributed by atoms with Crippen molar-refractivity contribution in [1.82, 2.24) is 0 Å². The predicted octanol–water partition coefficient (Wildman–Crippen LogP) is 4.62. The van der Waals surface area contributed by atoms with Crippen LogP contribution in [-0.4, -0.2) is 19.7 Å². The van der Waals surface area contributed by atoms with Crippen LogP contribution in [-0.2, 0) is 28.7 Å². The molecule has 0 heterocycles. The molecule has 0 aliphatic carbocycles. The van der Waals surface area contributed by atoms with Crippen LogP contribution in [0.4, 0.5) is 13.2 Å². The van der Waals surface area contributed by atoms with Gasteiger partial charge in [0.15, 0.2) is 5.78 Å². The third-order valence-corrected chi connectivity index (χ3v) is 3.75. The van der Waals surface area contributed by atoms with E-state index in [4.69, 9.17) is 9.47 Å². The molecular weight excluding hydrogens is 333 g/mol. The van der Waals surface area contributed by atoms with Crippen LogP contribution in [0.15, 0.2) is 42.5 Å². The van der Waals surface area contributed by atoms with E-state index in [2.05, 4.69) is 0 Å². The highest BCUT2D eigenvalue weighted by atomic mass is 19.4. The molecule has 0 N–H and O–H groups in total. The number of hydrogen-bond acceptors (Lipinski definition) is 3. The maximum Gasteiger partial charge on any atom is 0.417 e. The Bertz CT molecular complexity index is 739. The third kappa shape index (κ3) is 4.67. The number of benzene rings is 2. The van der Waals surface area contributed by atoms with E-state index in [1.807, 2.05) is 6.92 Å². The average Bonchev–Trinajstić information content (AvgIpc) is 2.60. The van der Waals surface area contributed by atoms with Crippen LogP contribution >= 0.6 is 0 Å². The zero-order valence-electron chi connectivity index (χ0n) is 14.0. The van der Waals surface area contributed by atoms with Crippen LogP contribution < -0.4 is 0 Å². The molecule has 0 aliphatic rings. The molecule has 2 aromatic carbocycles. The van der Waals surface area contributed by atoms with E-state index in [1.54, 1.807) is 18.2 Å². The van der Waals surface area contributed by atoms with E-state index in [0.717, 1.165) is 6.07 Å². The van der Waals surface area contributed by atoms with Gasteiger partial charge in [-0.15, -0.1) is 0 Å². The molecule has 2 rings (SSSR count). The molecule has 0 saturated heterocycles. The second kappa shape index (κ2) is 8.27. The standard InChI is InChI=1S/C19H19F3O3/c1-3-14-9-8-13(11-25-12-24-2)10-16(14)18(23)15-6-4-5-7-17(15)19(20,21)22/h4-10H,3,11-12H2,1-2H3. The number of aryl methyl sites for hydroxylation is 1. The van der Waals surface area contributed by atoms with Gasteiger partial charge in [-0.25, -0.2) is 0 Å². The van der Waals surface area contributed by atoms with Crippen molar-refractivity contribution in [3.63, 3.8) is 0 Å². The highest BCUT2D eigenvalue weighted by Crippen LogP contribution is 2.33. The summed E-state index contributed by atoms with van der Waals surface area (Å²) in [6, 6.07) is 9.96. The largest absolute Gasteiger partial charge is 0.417 e. The second-order valence-electron chi connectivity index (χ2n) is 5.47. The fourth-order valence-corrected chi connectivity index (χ4v) is 2.55. The quantitative estimate of drug-likeness (QED) is 0.414. The van der Waals surface area contributed by atoms with Gasteiger partial charge in [-0.2, -0.15) is 13.2 Å². The molecule has 0 bridgehead atoms. The second-order valence-corrected chi connectivity index (χ2v) is 5.47. The number of halogens is 3. The van der Waals surface area contributed by atoms with Crippen LogP contribution in [0.2, 0.25) is 0 Å². The van der Waals surface area contributed by atoms with Crippen molar-refractivity contribution in [2.24, 2.45) is 0 Å². The minimum atomic E-state index is -4.59. The van der Waals surface area contributed by atoms with Crippen LogP contribution in [0, 0.1) is 0 Å². The minimum absolute atomic E-state index is 0.0930. The monoisotopic (exact) mass is 352 g/mol. The molecule has 3 nitrogen and oxygen atoms in total. The summed E-state index contributed by atoms with van der Waals surface area (Å²) in [7, 11) is 1.49. The van der Waals surface area contributed by atoms with Crippen molar-refractivity contribution in [1.29, 1.82) is 0 Å². The zero-order chi connectivity index (χ0) is 18.4. The molecule has 0 fully saturated rings. The topological polar surface area (TPSA) is 35.5 Å². The molecule has 0 amide bonds. The Kier molecular flexibility index (Phi) is 6.33. The lowest BCUT2D eigenvalue weighted by atomic mass is 9.92. The summed E-state index contributed by atoms with van der Waals surface area (Å²) in [5, 5.41) is 0. The first-order valence-electron chi connectivity index (χ1n) is 7.77. The summed E-state index contributed by atoms with van der Waals surface area (Å²) in [6.07, 6.45) is -4.05. The molecule has 2 aromatic rings. The van der Waals surface area contributed by atoms with Crippen LogP contribution in [0.5, 0.6) is 0 Å². The van der Waals surface area contributed by atoms with Crippen LogP contribution in [0.3, 0.4) is 0 Å². The summed E-state index contributed by atoms with van der Waals surface area (Å²) in [5.41, 5.74) is 0.375. The van der Waals surface area contributed by atoms with Gasteiger partial charge in [0, 0.05) is 18.2 Å². The molecule has 6 heteroatoms. The summed E-state index contributed by atoms with van der Waals surface area (Å²) >= 11 is 0. The van der Waals surface area contributed by atoms with E-state index in [-0.39, 0.29) is 24.5 Å².